The van der Waals surface area contributed by atoms with Crippen molar-refractivity contribution < 1.29 is 9.15 Å². The lowest BCUT2D eigenvalue weighted by atomic mass is 10.2. The van der Waals surface area contributed by atoms with Crippen molar-refractivity contribution in [2.24, 2.45) is 0 Å². The largest absolute Gasteiger partial charge is 0.439 e. The Morgan fingerprint density at radius 3 is 3.00 bits per heavy atom. The minimum atomic E-state index is 0.573. The van der Waals surface area contributed by atoms with E-state index in [1.54, 1.807) is 7.11 Å². The first-order valence-electron chi connectivity index (χ1n) is 4.86. The van der Waals surface area contributed by atoms with Crippen molar-refractivity contribution in [2.45, 2.75) is 13.3 Å². The molecule has 16 heavy (non-hydrogen) atoms. The zero-order valence-electron chi connectivity index (χ0n) is 9.01. The molecule has 3 nitrogen and oxygen atoms in total. The predicted octanol–water partition coefficient (Wildman–Crippen LogP) is 3.74. The first-order chi connectivity index (χ1) is 7.63. The van der Waals surface area contributed by atoms with Crippen LogP contribution in [0.1, 0.15) is 11.5 Å². The number of methoxy groups -OCH3 is 1. The number of nitrogens with zero attached hydrogens (tertiary/aromatic N) is 1. The van der Waals surface area contributed by atoms with E-state index in [9.17, 15) is 0 Å². The molecule has 0 aliphatic carbocycles. The second-order valence-electron chi connectivity index (χ2n) is 3.49. The van der Waals surface area contributed by atoms with Crippen LogP contribution in [0.15, 0.2) is 15.0 Å². The van der Waals surface area contributed by atoms with E-state index in [1.807, 2.05) is 13.0 Å². The van der Waals surface area contributed by atoms with E-state index in [-0.39, 0.29) is 0 Å². The molecule has 0 N–H and O–H groups in total. The van der Waals surface area contributed by atoms with Gasteiger partial charge >= 0.3 is 0 Å². The Bertz CT molecular complexity index is 524. The van der Waals surface area contributed by atoms with E-state index in [4.69, 9.17) is 20.8 Å². The molecule has 1 heterocycles. The van der Waals surface area contributed by atoms with Crippen LogP contribution in [0.3, 0.4) is 0 Å². The monoisotopic (exact) mass is 303 g/mol. The van der Waals surface area contributed by atoms with E-state index in [0.717, 1.165) is 15.6 Å². The Hall–Kier alpha value is -0.580. The summed E-state index contributed by atoms with van der Waals surface area (Å²) in [6.45, 7) is 2.57. The third kappa shape index (κ3) is 2.10. The summed E-state index contributed by atoms with van der Waals surface area (Å²) in [6, 6.07) is 1.82. The number of rotatable bonds is 3. The molecule has 0 unspecified atom stereocenters. The number of aromatic nitrogens is 1. The highest BCUT2D eigenvalue weighted by Gasteiger charge is 2.13. The van der Waals surface area contributed by atoms with Crippen molar-refractivity contribution in [1.82, 2.24) is 4.98 Å². The van der Waals surface area contributed by atoms with Crippen molar-refractivity contribution in [3.63, 3.8) is 0 Å². The van der Waals surface area contributed by atoms with E-state index in [1.165, 1.54) is 0 Å². The number of halogens is 2. The molecule has 5 heteroatoms. The molecule has 0 radical (unpaired) electrons. The van der Waals surface area contributed by atoms with E-state index in [2.05, 4.69) is 20.9 Å². The smallest absolute Gasteiger partial charge is 0.197 e. The summed E-state index contributed by atoms with van der Waals surface area (Å²) in [4.78, 5) is 4.41. The summed E-state index contributed by atoms with van der Waals surface area (Å²) in [5.74, 6) is 0.653. The molecular formula is C11H11BrClNO2. The van der Waals surface area contributed by atoms with Gasteiger partial charge in [-0.15, -0.1) is 0 Å². The SMILES string of the molecule is COCCc1nc2c(C)c(Br)cc(Cl)c2o1. The Labute approximate surface area is 107 Å². The molecule has 0 saturated heterocycles. The highest BCUT2D eigenvalue weighted by atomic mass is 79.9. The van der Waals surface area contributed by atoms with Crippen LogP contribution in [0.5, 0.6) is 0 Å². The van der Waals surface area contributed by atoms with E-state index < -0.39 is 0 Å². The standard InChI is InChI=1S/C11H11BrClNO2/c1-6-7(12)5-8(13)11-10(6)14-9(16-11)3-4-15-2/h5H,3-4H2,1-2H3. The molecule has 2 rings (SSSR count). The zero-order valence-corrected chi connectivity index (χ0v) is 11.4. The quantitative estimate of drug-likeness (QED) is 0.866. The van der Waals surface area contributed by atoms with Gasteiger partial charge in [-0.05, 0) is 18.6 Å². The average Bonchev–Trinajstić information content (AvgIpc) is 2.68. The van der Waals surface area contributed by atoms with Crippen molar-refractivity contribution in [2.75, 3.05) is 13.7 Å². The number of ether oxygens (including phenoxy) is 1. The zero-order chi connectivity index (χ0) is 11.7. The molecule has 1 aromatic heterocycles. The summed E-state index contributed by atoms with van der Waals surface area (Å²) in [6.07, 6.45) is 0.651. The molecule has 0 atom stereocenters. The molecule has 0 saturated carbocycles. The van der Waals surface area contributed by atoms with Gasteiger partial charge in [0, 0.05) is 18.0 Å². The fraction of sp³-hybridized carbons (Fsp3) is 0.364. The van der Waals surface area contributed by atoms with Crippen molar-refractivity contribution in [3.05, 3.63) is 27.0 Å². The van der Waals surface area contributed by atoms with Crippen LogP contribution in [-0.4, -0.2) is 18.7 Å². The summed E-state index contributed by atoms with van der Waals surface area (Å²) < 4.78 is 11.5. The summed E-state index contributed by atoms with van der Waals surface area (Å²) in [7, 11) is 1.65. The van der Waals surface area contributed by atoms with Crippen molar-refractivity contribution >= 4 is 38.6 Å². The van der Waals surface area contributed by atoms with Gasteiger partial charge in [0.15, 0.2) is 11.5 Å². The first-order valence-corrected chi connectivity index (χ1v) is 6.03. The molecule has 86 valence electrons. The van der Waals surface area contributed by atoms with Crippen LogP contribution in [0.25, 0.3) is 11.1 Å². The van der Waals surface area contributed by atoms with Gasteiger partial charge in [-0.25, -0.2) is 4.98 Å². The molecule has 0 bridgehead atoms. The maximum absolute atomic E-state index is 6.09. The molecule has 0 aliphatic rings. The number of aryl methyl sites for hydroxylation is 1. The van der Waals surface area contributed by atoms with Gasteiger partial charge in [0.2, 0.25) is 0 Å². The van der Waals surface area contributed by atoms with Crippen LogP contribution in [0.2, 0.25) is 5.02 Å². The summed E-state index contributed by atoms with van der Waals surface area (Å²) >= 11 is 9.52. The topological polar surface area (TPSA) is 35.3 Å². The Morgan fingerprint density at radius 1 is 1.56 bits per heavy atom. The summed E-state index contributed by atoms with van der Waals surface area (Å²) in [5.41, 5.74) is 2.49. The lowest BCUT2D eigenvalue weighted by Gasteiger charge is -1.98. The Kier molecular flexibility index (Phi) is 3.52. The lowest BCUT2D eigenvalue weighted by molar-refractivity contribution is 0.196. The van der Waals surface area contributed by atoms with Gasteiger partial charge in [0.1, 0.15) is 5.52 Å². The maximum atomic E-state index is 6.09. The van der Waals surface area contributed by atoms with Crippen molar-refractivity contribution in [1.29, 1.82) is 0 Å². The van der Waals surface area contributed by atoms with Gasteiger partial charge in [-0.2, -0.15) is 0 Å². The first kappa shape index (κ1) is 11.9. The third-order valence-corrected chi connectivity index (χ3v) is 3.48. The number of hydrogen-bond donors (Lipinski definition) is 0. The van der Waals surface area contributed by atoms with Gasteiger partial charge in [0.25, 0.3) is 0 Å². The Morgan fingerprint density at radius 2 is 2.31 bits per heavy atom. The second kappa shape index (κ2) is 4.73. The van der Waals surface area contributed by atoms with Crippen LogP contribution in [0, 0.1) is 6.92 Å². The predicted molar refractivity (Wildman–Crippen MR) is 67.0 cm³/mol. The number of fused-ring (bicyclic) bond motifs is 1. The molecule has 0 amide bonds. The van der Waals surface area contributed by atoms with Crippen LogP contribution < -0.4 is 0 Å². The lowest BCUT2D eigenvalue weighted by Crippen LogP contribution is -1.93. The fourth-order valence-electron chi connectivity index (χ4n) is 1.47. The van der Waals surface area contributed by atoms with Crippen LogP contribution in [-0.2, 0) is 11.2 Å². The second-order valence-corrected chi connectivity index (χ2v) is 4.75. The molecule has 2 aromatic rings. The van der Waals surface area contributed by atoms with Gasteiger partial charge in [-0.3, -0.25) is 0 Å². The molecular weight excluding hydrogens is 293 g/mol. The van der Waals surface area contributed by atoms with E-state index >= 15 is 0 Å². The minimum absolute atomic E-state index is 0.573. The molecule has 1 aromatic carbocycles. The van der Waals surface area contributed by atoms with Gasteiger partial charge in [-0.1, -0.05) is 27.5 Å². The highest BCUT2D eigenvalue weighted by molar-refractivity contribution is 9.10. The van der Waals surface area contributed by atoms with Crippen molar-refractivity contribution in [3.8, 4) is 0 Å². The number of benzene rings is 1. The maximum Gasteiger partial charge on any atom is 0.197 e. The third-order valence-electron chi connectivity index (χ3n) is 2.38. The Balaban J connectivity index is 2.52. The normalized spacial score (nSPS) is 11.2. The molecule has 0 fully saturated rings. The van der Waals surface area contributed by atoms with Gasteiger partial charge < -0.3 is 9.15 Å². The van der Waals surface area contributed by atoms with Crippen LogP contribution in [0.4, 0.5) is 0 Å². The minimum Gasteiger partial charge on any atom is -0.439 e. The molecule has 0 spiro atoms. The number of hydrogen-bond acceptors (Lipinski definition) is 3. The fourth-order valence-corrected chi connectivity index (χ4v) is 2.26. The molecule has 0 aliphatic heterocycles. The van der Waals surface area contributed by atoms with E-state index in [0.29, 0.717) is 29.5 Å². The number of oxazole rings is 1. The highest BCUT2D eigenvalue weighted by Crippen LogP contribution is 2.32. The average molecular weight is 305 g/mol. The summed E-state index contributed by atoms with van der Waals surface area (Å²) in [5, 5.41) is 0.573. The van der Waals surface area contributed by atoms with Gasteiger partial charge in [0.05, 0.1) is 11.6 Å². The van der Waals surface area contributed by atoms with Crippen LogP contribution >= 0.6 is 27.5 Å².